The van der Waals surface area contributed by atoms with Gasteiger partial charge in [-0.1, -0.05) is 26.0 Å². The van der Waals surface area contributed by atoms with Gasteiger partial charge in [-0.05, 0) is 17.5 Å². The number of hydrogen-bond donors (Lipinski definition) is 1. The van der Waals surface area contributed by atoms with Gasteiger partial charge in [-0.15, -0.1) is 0 Å². The topological polar surface area (TPSA) is 43.8 Å². The minimum Gasteiger partial charge on any atom is -0.326 e. The van der Waals surface area contributed by atoms with E-state index in [1.807, 2.05) is 16.9 Å². The lowest BCUT2D eigenvalue weighted by molar-refractivity contribution is 0.483. The number of nitrogens with zero attached hydrogens (tertiary/aromatic N) is 2. The monoisotopic (exact) mass is 247 g/mol. The summed E-state index contributed by atoms with van der Waals surface area (Å²) in [5, 5.41) is 4.24. The maximum Gasteiger partial charge on any atom is 0.131 e. The summed E-state index contributed by atoms with van der Waals surface area (Å²) in [6, 6.07) is 5.08. The van der Waals surface area contributed by atoms with E-state index in [1.165, 1.54) is 6.07 Å². The molecule has 2 aromatic rings. The molecule has 1 aromatic heterocycles. The second kappa shape index (κ2) is 5.31. The Morgan fingerprint density at radius 1 is 1.39 bits per heavy atom. The maximum absolute atomic E-state index is 13.9. The van der Waals surface area contributed by atoms with Crippen LogP contribution in [0.5, 0.6) is 0 Å². The van der Waals surface area contributed by atoms with Gasteiger partial charge in [0.25, 0.3) is 0 Å². The van der Waals surface area contributed by atoms with Gasteiger partial charge < -0.3 is 5.73 Å². The van der Waals surface area contributed by atoms with Crippen molar-refractivity contribution in [3.63, 3.8) is 0 Å². The number of aromatic nitrogens is 2. The van der Waals surface area contributed by atoms with E-state index in [0.717, 1.165) is 17.7 Å². The molecule has 2 rings (SSSR count). The van der Waals surface area contributed by atoms with Gasteiger partial charge in [0.15, 0.2) is 0 Å². The largest absolute Gasteiger partial charge is 0.326 e. The summed E-state index contributed by atoms with van der Waals surface area (Å²) >= 11 is 0. The third kappa shape index (κ3) is 2.76. The van der Waals surface area contributed by atoms with Crippen molar-refractivity contribution >= 4 is 0 Å². The standard InChI is InChI=1S/C14H18FN3/c1-10(2)8-18-9-12(7-17-18)13-4-3-11(6-16)5-14(13)15/h3-5,7,9-10H,6,8,16H2,1-2H3. The number of benzene rings is 1. The molecule has 0 aliphatic heterocycles. The van der Waals surface area contributed by atoms with E-state index in [-0.39, 0.29) is 5.82 Å². The molecule has 18 heavy (non-hydrogen) atoms. The second-order valence-corrected chi connectivity index (χ2v) is 4.86. The quantitative estimate of drug-likeness (QED) is 0.902. The lowest BCUT2D eigenvalue weighted by Gasteiger charge is -2.04. The first kappa shape index (κ1) is 12.8. The summed E-state index contributed by atoms with van der Waals surface area (Å²) in [6.45, 7) is 5.43. The van der Waals surface area contributed by atoms with Crippen LogP contribution in [0.15, 0.2) is 30.6 Å². The number of nitrogens with two attached hydrogens (primary N) is 1. The average Bonchev–Trinajstić information content (AvgIpc) is 2.76. The van der Waals surface area contributed by atoms with E-state index in [2.05, 4.69) is 18.9 Å². The molecule has 4 heteroatoms. The number of hydrogen-bond acceptors (Lipinski definition) is 2. The Morgan fingerprint density at radius 2 is 2.17 bits per heavy atom. The van der Waals surface area contributed by atoms with Crippen molar-refractivity contribution < 1.29 is 4.39 Å². The molecule has 0 amide bonds. The van der Waals surface area contributed by atoms with Crippen molar-refractivity contribution in [3.8, 4) is 11.1 Å². The fourth-order valence-electron chi connectivity index (χ4n) is 1.90. The molecule has 0 aliphatic carbocycles. The van der Waals surface area contributed by atoms with Crippen molar-refractivity contribution in [2.24, 2.45) is 11.7 Å². The Hall–Kier alpha value is -1.68. The van der Waals surface area contributed by atoms with E-state index < -0.39 is 0 Å². The van der Waals surface area contributed by atoms with Gasteiger partial charge in [0.2, 0.25) is 0 Å². The van der Waals surface area contributed by atoms with Crippen LogP contribution in [-0.2, 0) is 13.1 Å². The molecule has 0 atom stereocenters. The highest BCUT2D eigenvalue weighted by atomic mass is 19.1. The fraction of sp³-hybridized carbons (Fsp3) is 0.357. The summed E-state index contributed by atoms with van der Waals surface area (Å²) in [4.78, 5) is 0. The van der Waals surface area contributed by atoms with Crippen LogP contribution in [0, 0.1) is 11.7 Å². The maximum atomic E-state index is 13.9. The van der Waals surface area contributed by atoms with E-state index >= 15 is 0 Å². The lowest BCUT2D eigenvalue weighted by Crippen LogP contribution is -2.04. The third-order valence-electron chi connectivity index (χ3n) is 2.77. The first-order valence-electron chi connectivity index (χ1n) is 6.11. The SMILES string of the molecule is CC(C)Cn1cc(-c2ccc(CN)cc2F)cn1. The van der Waals surface area contributed by atoms with Gasteiger partial charge in [-0.2, -0.15) is 5.10 Å². The van der Waals surface area contributed by atoms with Gasteiger partial charge >= 0.3 is 0 Å². The third-order valence-corrected chi connectivity index (χ3v) is 2.77. The van der Waals surface area contributed by atoms with E-state index in [0.29, 0.717) is 18.0 Å². The van der Waals surface area contributed by atoms with E-state index in [9.17, 15) is 4.39 Å². The van der Waals surface area contributed by atoms with E-state index in [4.69, 9.17) is 5.73 Å². The van der Waals surface area contributed by atoms with E-state index in [1.54, 1.807) is 12.3 Å². The minimum absolute atomic E-state index is 0.248. The van der Waals surface area contributed by atoms with Crippen molar-refractivity contribution in [3.05, 3.63) is 42.0 Å². The molecule has 0 spiro atoms. The highest BCUT2D eigenvalue weighted by molar-refractivity contribution is 5.62. The Bertz CT molecular complexity index is 532. The zero-order valence-corrected chi connectivity index (χ0v) is 10.7. The Labute approximate surface area is 106 Å². The molecule has 1 heterocycles. The molecule has 0 bridgehead atoms. The highest BCUT2D eigenvalue weighted by Crippen LogP contribution is 2.23. The normalized spacial score (nSPS) is 11.2. The Kier molecular flexibility index (Phi) is 3.77. The summed E-state index contributed by atoms with van der Waals surface area (Å²) in [6.07, 6.45) is 3.57. The van der Waals surface area contributed by atoms with Crippen molar-refractivity contribution in [2.75, 3.05) is 0 Å². The number of halogens is 1. The summed E-state index contributed by atoms with van der Waals surface area (Å²) in [5.41, 5.74) is 7.65. The summed E-state index contributed by atoms with van der Waals surface area (Å²) in [5.74, 6) is 0.268. The highest BCUT2D eigenvalue weighted by Gasteiger charge is 2.08. The minimum atomic E-state index is -0.248. The molecule has 0 aliphatic rings. The molecule has 2 N–H and O–H groups in total. The first-order valence-corrected chi connectivity index (χ1v) is 6.11. The summed E-state index contributed by atoms with van der Waals surface area (Å²) in [7, 11) is 0. The van der Waals surface area contributed by atoms with Crippen molar-refractivity contribution in [1.29, 1.82) is 0 Å². The van der Waals surface area contributed by atoms with Gasteiger partial charge in [0.05, 0.1) is 6.20 Å². The molecular formula is C14H18FN3. The lowest BCUT2D eigenvalue weighted by atomic mass is 10.1. The Balaban J connectivity index is 2.28. The average molecular weight is 247 g/mol. The Morgan fingerprint density at radius 3 is 2.78 bits per heavy atom. The van der Waals surface area contributed by atoms with Crippen LogP contribution in [0.4, 0.5) is 4.39 Å². The smallest absolute Gasteiger partial charge is 0.131 e. The first-order chi connectivity index (χ1) is 8.60. The molecule has 96 valence electrons. The van der Waals surface area contributed by atoms with Crippen molar-refractivity contribution in [1.82, 2.24) is 9.78 Å². The molecule has 0 unspecified atom stereocenters. The second-order valence-electron chi connectivity index (χ2n) is 4.86. The zero-order chi connectivity index (χ0) is 13.1. The molecule has 0 fully saturated rings. The molecule has 3 nitrogen and oxygen atoms in total. The van der Waals surface area contributed by atoms with Gasteiger partial charge in [-0.3, -0.25) is 4.68 Å². The summed E-state index contributed by atoms with van der Waals surface area (Å²) < 4.78 is 15.7. The van der Waals surface area contributed by atoms with Crippen LogP contribution >= 0.6 is 0 Å². The predicted octanol–water partition coefficient (Wildman–Crippen LogP) is 2.80. The van der Waals surface area contributed by atoms with Gasteiger partial charge in [0, 0.05) is 30.4 Å². The number of rotatable bonds is 4. The molecule has 0 saturated heterocycles. The van der Waals surface area contributed by atoms with Gasteiger partial charge in [-0.25, -0.2) is 4.39 Å². The predicted molar refractivity (Wildman–Crippen MR) is 70.4 cm³/mol. The zero-order valence-electron chi connectivity index (χ0n) is 10.7. The van der Waals surface area contributed by atoms with Crippen LogP contribution < -0.4 is 5.73 Å². The van der Waals surface area contributed by atoms with Crippen LogP contribution in [-0.4, -0.2) is 9.78 Å². The van der Waals surface area contributed by atoms with Crippen LogP contribution in [0.2, 0.25) is 0 Å². The molecular weight excluding hydrogens is 229 g/mol. The van der Waals surface area contributed by atoms with Gasteiger partial charge in [0.1, 0.15) is 5.82 Å². The van der Waals surface area contributed by atoms with Crippen LogP contribution in [0.25, 0.3) is 11.1 Å². The fourth-order valence-corrected chi connectivity index (χ4v) is 1.90. The molecule has 1 aromatic carbocycles. The van der Waals surface area contributed by atoms with Crippen LogP contribution in [0.1, 0.15) is 19.4 Å². The molecule has 0 radical (unpaired) electrons. The molecule has 0 saturated carbocycles. The van der Waals surface area contributed by atoms with Crippen LogP contribution in [0.3, 0.4) is 0 Å². The van der Waals surface area contributed by atoms with Crippen molar-refractivity contribution in [2.45, 2.75) is 26.9 Å².